The zero-order valence-electron chi connectivity index (χ0n) is 13.3. The highest BCUT2D eigenvalue weighted by Crippen LogP contribution is 2.25. The van der Waals surface area contributed by atoms with Crippen molar-refractivity contribution in [1.82, 2.24) is 9.97 Å². The Balaban J connectivity index is 1.68. The predicted molar refractivity (Wildman–Crippen MR) is 97.0 cm³/mol. The summed E-state index contributed by atoms with van der Waals surface area (Å²) in [6.07, 6.45) is 8.47. The van der Waals surface area contributed by atoms with Crippen LogP contribution in [0.2, 0.25) is 0 Å². The Kier molecular flexibility index (Phi) is 3.94. The molecule has 2 heterocycles. The quantitative estimate of drug-likeness (QED) is 0.793. The van der Waals surface area contributed by atoms with Crippen LogP contribution >= 0.6 is 0 Å². The van der Waals surface area contributed by atoms with Gasteiger partial charge in [-0.3, -0.25) is 4.99 Å². The van der Waals surface area contributed by atoms with Crippen molar-refractivity contribution in [3.8, 4) is 0 Å². The number of allylic oxidation sites excluding steroid dienone is 1. The summed E-state index contributed by atoms with van der Waals surface area (Å²) in [5.41, 5.74) is 5.64. The first kappa shape index (κ1) is 14.5. The number of nitrogens with one attached hydrogen (secondary N) is 1. The second kappa shape index (κ2) is 6.54. The Morgan fingerprint density at radius 3 is 2.62 bits per heavy atom. The van der Waals surface area contributed by atoms with E-state index < -0.39 is 0 Å². The van der Waals surface area contributed by atoms with Gasteiger partial charge in [-0.25, -0.2) is 4.98 Å². The number of aromatic amines is 1. The highest BCUT2D eigenvalue weighted by Gasteiger charge is 2.14. The van der Waals surface area contributed by atoms with Gasteiger partial charge >= 0.3 is 0 Å². The van der Waals surface area contributed by atoms with Crippen molar-refractivity contribution in [2.45, 2.75) is 13.0 Å². The molecule has 24 heavy (non-hydrogen) atoms. The largest absolute Gasteiger partial charge is 0.347 e. The van der Waals surface area contributed by atoms with E-state index in [-0.39, 0.29) is 0 Å². The number of para-hydroxylation sites is 1. The molecule has 0 bridgehead atoms. The van der Waals surface area contributed by atoms with Crippen molar-refractivity contribution in [2.75, 3.05) is 4.90 Å². The van der Waals surface area contributed by atoms with Crippen LogP contribution in [0.3, 0.4) is 0 Å². The summed E-state index contributed by atoms with van der Waals surface area (Å²) in [6, 6.07) is 18.7. The Bertz CT molecular complexity index is 864. The van der Waals surface area contributed by atoms with Crippen molar-refractivity contribution >= 4 is 11.9 Å². The molecule has 118 valence electrons. The molecule has 0 saturated heterocycles. The molecule has 0 saturated carbocycles. The van der Waals surface area contributed by atoms with Gasteiger partial charge in [0.15, 0.2) is 0 Å². The SMILES string of the molecule is C1=NC(Cc2ccccc2)=CN(Cc2cnc[nH]2)c2ccccc21. The molecule has 1 aromatic heterocycles. The molecular weight excluding hydrogens is 296 g/mol. The number of aliphatic imine (C=N–C) groups is 1. The number of imidazole rings is 1. The first-order valence-corrected chi connectivity index (χ1v) is 8.00. The van der Waals surface area contributed by atoms with Gasteiger partial charge in [0.1, 0.15) is 0 Å². The maximum absolute atomic E-state index is 4.71. The second-order valence-corrected chi connectivity index (χ2v) is 5.80. The van der Waals surface area contributed by atoms with Gasteiger partial charge in [0.25, 0.3) is 0 Å². The van der Waals surface area contributed by atoms with Gasteiger partial charge in [-0.2, -0.15) is 0 Å². The molecule has 0 spiro atoms. The number of nitrogens with zero attached hydrogens (tertiary/aromatic N) is 3. The molecule has 1 N–H and O–H groups in total. The summed E-state index contributed by atoms with van der Waals surface area (Å²) < 4.78 is 0. The van der Waals surface area contributed by atoms with E-state index in [0.717, 1.165) is 35.6 Å². The summed E-state index contributed by atoms with van der Waals surface area (Å²) in [6.45, 7) is 0.735. The average molecular weight is 314 g/mol. The first-order valence-electron chi connectivity index (χ1n) is 8.00. The Labute approximate surface area is 141 Å². The lowest BCUT2D eigenvalue weighted by Gasteiger charge is -2.21. The van der Waals surface area contributed by atoms with Crippen LogP contribution in [-0.2, 0) is 13.0 Å². The smallest absolute Gasteiger partial charge is 0.0922 e. The zero-order chi connectivity index (χ0) is 16.2. The normalized spacial score (nSPS) is 13.3. The summed E-state index contributed by atoms with van der Waals surface area (Å²) in [7, 11) is 0. The summed E-state index contributed by atoms with van der Waals surface area (Å²) >= 11 is 0. The maximum Gasteiger partial charge on any atom is 0.0922 e. The fourth-order valence-corrected chi connectivity index (χ4v) is 2.88. The van der Waals surface area contributed by atoms with Gasteiger partial charge in [0.05, 0.1) is 24.3 Å². The lowest BCUT2D eigenvalue weighted by atomic mass is 10.1. The third-order valence-electron chi connectivity index (χ3n) is 4.04. The minimum absolute atomic E-state index is 0.735. The number of fused-ring (bicyclic) bond motifs is 1. The van der Waals surface area contributed by atoms with Crippen LogP contribution in [0.4, 0.5) is 5.69 Å². The van der Waals surface area contributed by atoms with Gasteiger partial charge in [0, 0.05) is 36.3 Å². The molecule has 4 nitrogen and oxygen atoms in total. The van der Waals surface area contributed by atoms with Crippen LogP contribution in [0, 0.1) is 0 Å². The van der Waals surface area contributed by atoms with Gasteiger partial charge < -0.3 is 9.88 Å². The van der Waals surface area contributed by atoms with Gasteiger partial charge in [0.2, 0.25) is 0 Å². The fourth-order valence-electron chi connectivity index (χ4n) is 2.88. The van der Waals surface area contributed by atoms with E-state index in [1.54, 1.807) is 6.33 Å². The van der Waals surface area contributed by atoms with E-state index in [9.17, 15) is 0 Å². The second-order valence-electron chi connectivity index (χ2n) is 5.80. The van der Waals surface area contributed by atoms with Gasteiger partial charge in [-0.1, -0.05) is 48.5 Å². The highest BCUT2D eigenvalue weighted by molar-refractivity contribution is 5.90. The molecule has 0 atom stereocenters. The molecule has 1 aliphatic heterocycles. The number of hydrogen-bond acceptors (Lipinski definition) is 3. The number of rotatable bonds is 4. The molecule has 0 radical (unpaired) electrons. The number of hydrogen-bond donors (Lipinski definition) is 1. The topological polar surface area (TPSA) is 44.3 Å². The minimum atomic E-state index is 0.735. The Morgan fingerprint density at radius 1 is 0.958 bits per heavy atom. The average Bonchev–Trinajstić information content (AvgIpc) is 3.07. The molecule has 0 unspecified atom stereocenters. The van der Waals surface area contributed by atoms with Crippen LogP contribution in [0.25, 0.3) is 0 Å². The van der Waals surface area contributed by atoms with E-state index >= 15 is 0 Å². The van der Waals surface area contributed by atoms with Crippen molar-refractivity contribution in [2.24, 2.45) is 4.99 Å². The Morgan fingerprint density at radius 2 is 1.79 bits per heavy atom. The lowest BCUT2D eigenvalue weighted by Crippen LogP contribution is -2.17. The number of anilines is 1. The van der Waals surface area contributed by atoms with Gasteiger partial charge in [-0.15, -0.1) is 0 Å². The van der Waals surface area contributed by atoms with Crippen LogP contribution in [0.15, 0.2) is 84.0 Å². The molecule has 2 aromatic carbocycles. The molecular formula is C20H18N4. The summed E-state index contributed by atoms with van der Waals surface area (Å²) in [5.74, 6) is 0. The predicted octanol–water partition coefficient (Wildman–Crippen LogP) is 3.93. The van der Waals surface area contributed by atoms with E-state index in [2.05, 4.69) is 63.5 Å². The van der Waals surface area contributed by atoms with Crippen molar-refractivity contribution in [1.29, 1.82) is 0 Å². The maximum atomic E-state index is 4.71. The van der Waals surface area contributed by atoms with Crippen molar-refractivity contribution in [3.05, 3.63) is 95.8 Å². The standard InChI is InChI=1S/C20H18N4/c1-2-6-16(7-3-1)10-18-13-24(14-19-12-21-15-23-19)20-9-5-4-8-17(20)11-22-18/h1-9,11-13,15H,10,14H2,(H,21,23). The van der Waals surface area contributed by atoms with E-state index in [4.69, 9.17) is 4.99 Å². The zero-order valence-corrected chi connectivity index (χ0v) is 13.3. The third-order valence-corrected chi connectivity index (χ3v) is 4.04. The third kappa shape index (κ3) is 3.13. The van der Waals surface area contributed by atoms with Crippen LogP contribution in [0.1, 0.15) is 16.8 Å². The Hall–Kier alpha value is -3.14. The van der Waals surface area contributed by atoms with Crippen LogP contribution in [0.5, 0.6) is 0 Å². The fraction of sp³-hybridized carbons (Fsp3) is 0.100. The van der Waals surface area contributed by atoms with Crippen LogP contribution < -0.4 is 4.90 Å². The monoisotopic (exact) mass is 314 g/mol. The highest BCUT2D eigenvalue weighted by atomic mass is 15.1. The molecule has 4 rings (SSSR count). The first-order chi connectivity index (χ1) is 11.9. The molecule has 0 aliphatic carbocycles. The molecule has 4 heteroatoms. The molecule has 0 fully saturated rings. The molecule has 0 amide bonds. The molecule has 1 aliphatic rings. The van der Waals surface area contributed by atoms with Gasteiger partial charge in [-0.05, 0) is 11.6 Å². The molecule has 3 aromatic rings. The summed E-state index contributed by atoms with van der Waals surface area (Å²) in [4.78, 5) is 14.2. The minimum Gasteiger partial charge on any atom is -0.347 e. The summed E-state index contributed by atoms with van der Waals surface area (Å²) in [5, 5.41) is 0. The number of benzene rings is 2. The number of H-pyrrole nitrogens is 1. The van der Waals surface area contributed by atoms with E-state index in [1.807, 2.05) is 24.5 Å². The van der Waals surface area contributed by atoms with Crippen molar-refractivity contribution in [3.63, 3.8) is 0 Å². The van der Waals surface area contributed by atoms with Crippen LogP contribution in [-0.4, -0.2) is 16.2 Å². The lowest BCUT2D eigenvalue weighted by molar-refractivity contribution is 0.917. The van der Waals surface area contributed by atoms with Crippen molar-refractivity contribution < 1.29 is 0 Å². The van der Waals surface area contributed by atoms with E-state index in [1.165, 1.54) is 5.56 Å². The number of aromatic nitrogens is 2. The van der Waals surface area contributed by atoms with E-state index in [0.29, 0.717) is 0 Å².